The summed E-state index contributed by atoms with van der Waals surface area (Å²) in [6, 6.07) is 10.5. The van der Waals surface area contributed by atoms with Crippen molar-refractivity contribution in [2.75, 3.05) is 12.4 Å². The molecule has 0 saturated heterocycles. The van der Waals surface area contributed by atoms with Crippen molar-refractivity contribution in [2.45, 2.75) is 36.5 Å². The molecule has 2 aliphatic rings. The maximum Gasteiger partial charge on any atom is 0.281 e. The fourth-order valence-electron chi connectivity index (χ4n) is 3.78. The summed E-state index contributed by atoms with van der Waals surface area (Å²) in [5.41, 5.74) is 3.34. The Balaban J connectivity index is 1.75. The molecule has 7 heteroatoms. The molecule has 2 unspecified atom stereocenters. The minimum Gasteiger partial charge on any atom is -0.588 e. The zero-order chi connectivity index (χ0) is 19.1. The number of nitrogens with one attached hydrogen (secondary N) is 1. The van der Waals surface area contributed by atoms with Gasteiger partial charge >= 0.3 is 0 Å². The normalized spacial score (nSPS) is 21.4. The fourth-order valence-corrected chi connectivity index (χ4v) is 5.28. The molecule has 2 atom stereocenters. The average molecular weight is 403 g/mol. The highest BCUT2D eigenvalue weighted by atomic mass is 35.5. The number of anilines is 1. The van der Waals surface area contributed by atoms with E-state index in [-0.39, 0.29) is 0 Å². The standard InChI is InChI=1S/C20H19ClN2O3S/c1-23-20(25)17(19(24)22-14-9-7-13(21)8-10-14)16-11-6-12-4-2-3-5-15(12)18(16)27(23)26/h6-11,17H,2-5H2,1H3,(H,22,24). The van der Waals surface area contributed by atoms with Gasteiger partial charge in [0.1, 0.15) is 11.4 Å². The van der Waals surface area contributed by atoms with Crippen LogP contribution in [0.5, 0.6) is 0 Å². The topological polar surface area (TPSA) is 72.5 Å². The predicted octanol–water partition coefficient (Wildman–Crippen LogP) is 3.44. The van der Waals surface area contributed by atoms with Crippen LogP contribution >= 0.6 is 11.6 Å². The third-order valence-corrected chi connectivity index (χ3v) is 6.94. The summed E-state index contributed by atoms with van der Waals surface area (Å²) < 4.78 is 14.1. The number of halogens is 1. The first-order valence-electron chi connectivity index (χ1n) is 8.88. The molecule has 2 aromatic rings. The van der Waals surface area contributed by atoms with Gasteiger partial charge in [0.25, 0.3) is 5.91 Å². The van der Waals surface area contributed by atoms with Crippen molar-refractivity contribution in [3.05, 3.63) is 58.1 Å². The number of likely N-dealkylation sites (N-methyl/N-ethyl adjacent to an activating group) is 1. The van der Waals surface area contributed by atoms with E-state index < -0.39 is 29.1 Å². The zero-order valence-electron chi connectivity index (χ0n) is 14.8. The lowest BCUT2D eigenvalue weighted by Gasteiger charge is -2.33. The monoisotopic (exact) mass is 402 g/mol. The van der Waals surface area contributed by atoms with Crippen molar-refractivity contribution in [1.29, 1.82) is 0 Å². The number of hydrogen-bond donors (Lipinski definition) is 1. The van der Waals surface area contributed by atoms with Gasteiger partial charge in [0.05, 0.1) is 7.05 Å². The summed E-state index contributed by atoms with van der Waals surface area (Å²) in [4.78, 5) is 26.4. The van der Waals surface area contributed by atoms with E-state index in [4.69, 9.17) is 11.6 Å². The van der Waals surface area contributed by atoms with E-state index in [1.165, 1.54) is 16.9 Å². The number of aryl methyl sites for hydroxylation is 1. The first-order chi connectivity index (χ1) is 13.0. The molecule has 0 aromatic heterocycles. The maximum atomic E-state index is 13.0. The van der Waals surface area contributed by atoms with Crippen LogP contribution in [0, 0.1) is 0 Å². The Bertz CT molecular complexity index is 916. The second kappa shape index (κ2) is 7.19. The molecule has 0 spiro atoms. The molecule has 1 aliphatic carbocycles. The largest absolute Gasteiger partial charge is 0.588 e. The van der Waals surface area contributed by atoms with Crippen LogP contribution in [0.3, 0.4) is 0 Å². The second-order valence-electron chi connectivity index (χ2n) is 6.84. The molecule has 0 bridgehead atoms. The molecule has 0 fully saturated rings. The van der Waals surface area contributed by atoms with Gasteiger partial charge in [0, 0.05) is 21.8 Å². The molecule has 5 nitrogen and oxygen atoms in total. The summed E-state index contributed by atoms with van der Waals surface area (Å²) in [6.07, 6.45) is 3.91. The summed E-state index contributed by atoms with van der Waals surface area (Å²) in [5, 5.41) is 3.35. The molecular weight excluding hydrogens is 384 g/mol. The number of fused-ring (bicyclic) bond motifs is 3. The van der Waals surface area contributed by atoms with Gasteiger partial charge in [-0.2, -0.15) is 4.31 Å². The third kappa shape index (κ3) is 3.22. The molecule has 1 heterocycles. The van der Waals surface area contributed by atoms with Gasteiger partial charge in [-0.15, -0.1) is 0 Å². The fraction of sp³-hybridized carbons (Fsp3) is 0.300. The van der Waals surface area contributed by atoms with Crippen LogP contribution in [-0.2, 0) is 33.8 Å². The third-order valence-electron chi connectivity index (χ3n) is 5.18. The smallest absolute Gasteiger partial charge is 0.281 e. The predicted molar refractivity (Wildman–Crippen MR) is 105 cm³/mol. The van der Waals surface area contributed by atoms with Gasteiger partial charge in [-0.3, -0.25) is 9.59 Å². The minimum atomic E-state index is -1.58. The van der Waals surface area contributed by atoms with Crippen molar-refractivity contribution in [3.8, 4) is 0 Å². The zero-order valence-corrected chi connectivity index (χ0v) is 16.4. The number of carbonyl (C=O) groups excluding carboxylic acids is 2. The molecule has 2 aromatic carbocycles. The Kier molecular flexibility index (Phi) is 4.88. The molecule has 1 aliphatic heterocycles. The highest BCUT2D eigenvalue weighted by Gasteiger charge is 2.46. The summed E-state index contributed by atoms with van der Waals surface area (Å²) >= 11 is 4.30. The number of amides is 2. The van der Waals surface area contributed by atoms with E-state index in [2.05, 4.69) is 5.32 Å². The lowest BCUT2D eigenvalue weighted by Crippen LogP contribution is -2.46. The van der Waals surface area contributed by atoms with Gasteiger partial charge in [-0.25, -0.2) is 0 Å². The Labute approximate surface area is 166 Å². The van der Waals surface area contributed by atoms with Gasteiger partial charge in [0.15, 0.2) is 10.8 Å². The van der Waals surface area contributed by atoms with Crippen LogP contribution in [0.4, 0.5) is 5.69 Å². The van der Waals surface area contributed by atoms with Crippen LogP contribution in [0.1, 0.15) is 35.4 Å². The Morgan fingerprint density at radius 2 is 1.89 bits per heavy atom. The number of rotatable bonds is 2. The number of nitrogens with zero attached hydrogens (tertiary/aromatic N) is 1. The van der Waals surface area contributed by atoms with E-state index in [0.29, 0.717) is 21.2 Å². The van der Waals surface area contributed by atoms with E-state index in [1.807, 2.05) is 6.07 Å². The molecule has 0 radical (unpaired) electrons. The molecule has 4 rings (SSSR count). The maximum absolute atomic E-state index is 13.0. The van der Waals surface area contributed by atoms with Crippen molar-refractivity contribution < 1.29 is 14.1 Å². The van der Waals surface area contributed by atoms with E-state index in [9.17, 15) is 14.1 Å². The summed E-state index contributed by atoms with van der Waals surface area (Å²) in [6.45, 7) is 0. The molecular formula is C20H19ClN2O3S. The Hall–Kier alpha value is -2.02. The molecule has 2 amide bonds. The van der Waals surface area contributed by atoms with Crippen LogP contribution in [-0.4, -0.2) is 27.7 Å². The molecule has 27 heavy (non-hydrogen) atoms. The average Bonchev–Trinajstić information content (AvgIpc) is 2.67. The van der Waals surface area contributed by atoms with Crippen LogP contribution in [0.2, 0.25) is 5.02 Å². The quantitative estimate of drug-likeness (QED) is 0.617. The highest BCUT2D eigenvalue weighted by Crippen LogP contribution is 2.40. The Morgan fingerprint density at radius 1 is 1.19 bits per heavy atom. The van der Waals surface area contributed by atoms with Gasteiger partial charge in [-0.05, 0) is 55.5 Å². The van der Waals surface area contributed by atoms with Crippen LogP contribution < -0.4 is 5.32 Å². The van der Waals surface area contributed by atoms with Crippen LogP contribution in [0.25, 0.3) is 0 Å². The van der Waals surface area contributed by atoms with Crippen molar-refractivity contribution in [1.82, 2.24) is 4.31 Å². The second-order valence-corrected chi connectivity index (χ2v) is 8.73. The van der Waals surface area contributed by atoms with Crippen LogP contribution in [0.15, 0.2) is 41.3 Å². The number of carbonyl (C=O) groups is 2. The highest BCUT2D eigenvalue weighted by molar-refractivity contribution is 7.89. The summed E-state index contributed by atoms with van der Waals surface area (Å²) in [7, 11) is 1.49. The first-order valence-corrected chi connectivity index (χ1v) is 10.4. The van der Waals surface area contributed by atoms with Gasteiger partial charge in [-0.1, -0.05) is 23.7 Å². The van der Waals surface area contributed by atoms with E-state index in [1.54, 1.807) is 30.3 Å². The molecule has 0 saturated carbocycles. The van der Waals surface area contributed by atoms with Gasteiger partial charge in [0.2, 0.25) is 5.91 Å². The van der Waals surface area contributed by atoms with Gasteiger partial charge < -0.3 is 9.87 Å². The summed E-state index contributed by atoms with van der Waals surface area (Å²) in [5.74, 6) is -1.89. The van der Waals surface area contributed by atoms with E-state index in [0.717, 1.165) is 31.2 Å². The van der Waals surface area contributed by atoms with Crippen molar-refractivity contribution in [2.24, 2.45) is 0 Å². The molecule has 140 valence electrons. The lowest BCUT2D eigenvalue weighted by molar-refractivity contribution is -0.132. The SMILES string of the molecule is CN1C(=O)C(C(=O)Nc2ccc(Cl)cc2)c2ccc3c(c2[S+]1[O-])CCCC3. The van der Waals surface area contributed by atoms with E-state index >= 15 is 0 Å². The Morgan fingerprint density at radius 3 is 2.63 bits per heavy atom. The number of benzene rings is 2. The lowest BCUT2D eigenvalue weighted by atomic mass is 9.86. The number of hydrogen-bond acceptors (Lipinski definition) is 3. The van der Waals surface area contributed by atoms with Crippen molar-refractivity contribution >= 4 is 40.5 Å². The first kappa shape index (κ1) is 18.3. The molecule has 1 N–H and O–H groups in total. The van der Waals surface area contributed by atoms with Crippen molar-refractivity contribution in [3.63, 3.8) is 0 Å². The minimum absolute atomic E-state index is 0.428.